The maximum Gasteiger partial charge on any atom is 0.341 e. The molecule has 1 saturated carbocycles. The van der Waals surface area contributed by atoms with Crippen LogP contribution in [0.2, 0.25) is 5.02 Å². The van der Waals surface area contributed by atoms with Crippen LogP contribution in [0.1, 0.15) is 40.6 Å². The molecule has 4 aromatic rings. The first-order chi connectivity index (χ1) is 18.8. The van der Waals surface area contributed by atoms with Gasteiger partial charge in [-0.2, -0.15) is 8.78 Å². The number of hydrogen-bond donors (Lipinski definition) is 0. The molecule has 0 amide bonds. The van der Waals surface area contributed by atoms with Gasteiger partial charge in [0.25, 0.3) is 5.56 Å². The predicted octanol–water partition coefficient (Wildman–Crippen LogP) is 6.25. The van der Waals surface area contributed by atoms with Gasteiger partial charge in [-0.3, -0.25) is 19.3 Å². The molecule has 6 nitrogen and oxygen atoms in total. The number of aryl methyl sites for hydroxylation is 2. The molecule has 208 valence electrons. The average Bonchev–Trinajstić information content (AvgIpc) is 3.69. The first-order valence-electron chi connectivity index (χ1n) is 11.8. The minimum atomic E-state index is -5.33. The Bertz CT molecular complexity index is 1850. The van der Waals surface area contributed by atoms with E-state index in [-0.39, 0.29) is 33.8 Å². The minimum Gasteiger partial charge on any atom is -0.277 e. The summed E-state index contributed by atoms with van der Waals surface area (Å²) in [5.74, 6) is -7.48. The van der Waals surface area contributed by atoms with Crippen molar-refractivity contribution >= 4 is 21.4 Å². The summed E-state index contributed by atoms with van der Waals surface area (Å²) in [7, 11) is -5.33. The van der Waals surface area contributed by atoms with Crippen molar-refractivity contribution in [3.63, 3.8) is 0 Å². The zero-order valence-corrected chi connectivity index (χ0v) is 22.4. The lowest BCUT2D eigenvalue weighted by Gasteiger charge is -2.18. The fourth-order valence-corrected chi connectivity index (χ4v) is 5.96. The van der Waals surface area contributed by atoms with Crippen LogP contribution in [-0.2, 0) is 9.84 Å². The van der Waals surface area contributed by atoms with E-state index >= 15 is 8.78 Å². The van der Waals surface area contributed by atoms with Crippen LogP contribution in [0.25, 0.3) is 16.9 Å². The Labute approximate surface area is 230 Å². The number of benzene rings is 1. The monoisotopic (exact) mass is 595 g/mol. The normalized spacial score (nSPS) is 16.9. The molecule has 0 bridgehead atoms. The third-order valence-electron chi connectivity index (χ3n) is 6.87. The molecule has 40 heavy (non-hydrogen) atoms. The lowest BCUT2D eigenvalue weighted by molar-refractivity contribution is 0.234. The van der Waals surface area contributed by atoms with Crippen LogP contribution in [0.5, 0.6) is 0 Å². The topological polar surface area (TPSA) is 81.9 Å². The second-order valence-corrected chi connectivity index (χ2v) is 11.7. The van der Waals surface area contributed by atoms with Crippen LogP contribution >= 0.6 is 11.6 Å². The third-order valence-corrected chi connectivity index (χ3v) is 8.64. The molecule has 0 spiro atoms. The largest absolute Gasteiger partial charge is 0.341 e. The molecule has 0 saturated heterocycles. The number of sulfone groups is 1. The van der Waals surface area contributed by atoms with E-state index in [2.05, 4.69) is 9.97 Å². The summed E-state index contributed by atoms with van der Waals surface area (Å²) in [6.07, 6.45) is 4.35. The zero-order chi connectivity index (χ0) is 29.1. The van der Waals surface area contributed by atoms with Gasteiger partial charge in [0.15, 0.2) is 11.6 Å². The number of nitrogens with zero attached hydrogens (tertiary/aromatic N) is 3. The first-order valence-corrected chi connectivity index (χ1v) is 13.8. The van der Waals surface area contributed by atoms with E-state index in [0.717, 1.165) is 29.1 Å². The molecule has 1 fully saturated rings. The van der Waals surface area contributed by atoms with Crippen LogP contribution in [0, 0.1) is 31.3 Å². The van der Waals surface area contributed by atoms with Crippen LogP contribution in [-0.4, -0.2) is 28.7 Å². The molecule has 1 aromatic carbocycles. The molecular weight excluding hydrogens is 577 g/mol. The molecule has 0 N–H and O–H groups in total. The summed E-state index contributed by atoms with van der Waals surface area (Å²) in [6.45, 7) is 2.99. The lowest BCUT2D eigenvalue weighted by Crippen LogP contribution is -2.24. The number of halogens is 6. The SMILES string of the molecule is Cc1cnc(-c2cccc(S(=O)(=O)C(F)F)c2F)c(F)c1-n1c(C)cc([C@H]2C[C@@H]2c2cncc(F)c2)c(Cl)c1=O. The Kier molecular flexibility index (Phi) is 7.03. The van der Waals surface area contributed by atoms with Crippen LogP contribution in [0.3, 0.4) is 0 Å². The summed E-state index contributed by atoms with van der Waals surface area (Å²) in [6, 6.07) is 5.59. The molecule has 3 aromatic heterocycles. The number of alkyl halides is 2. The molecule has 0 radical (unpaired) electrons. The van der Waals surface area contributed by atoms with Gasteiger partial charge in [-0.1, -0.05) is 17.7 Å². The maximum atomic E-state index is 16.0. The molecule has 5 rings (SSSR count). The van der Waals surface area contributed by atoms with Crippen molar-refractivity contribution in [3.05, 3.63) is 104 Å². The Balaban J connectivity index is 1.62. The van der Waals surface area contributed by atoms with E-state index in [4.69, 9.17) is 11.6 Å². The van der Waals surface area contributed by atoms with Crippen molar-refractivity contribution in [3.8, 4) is 16.9 Å². The van der Waals surface area contributed by atoms with Gasteiger partial charge >= 0.3 is 5.76 Å². The van der Waals surface area contributed by atoms with Crippen molar-refractivity contribution < 1.29 is 30.4 Å². The molecule has 1 aliphatic rings. The second-order valence-electron chi connectivity index (χ2n) is 9.46. The Morgan fingerprint density at radius 1 is 1.02 bits per heavy atom. The highest BCUT2D eigenvalue weighted by Crippen LogP contribution is 2.55. The standard InChI is InChI=1S/C27H19ClF5N3O3S/c1-12-9-35-24(16-4-3-5-20(22(16)30)40(38,39)27(32)33)23(31)25(12)36-13(2)6-19(21(28)26(36)37)18-8-17(18)14-7-15(29)11-34-10-14/h3-7,9-11,17-18,27H,8H2,1-2H3/t17-,18+/m1/s1. The number of hydrogen-bond acceptors (Lipinski definition) is 5. The molecule has 0 unspecified atom stereocenters. The van der Waals surface area contributed by atoms with Crippen molar-refractivity contribution in [2.45, 2.75) is 42.8 Å². The Morgan fingerprint density at radius 2 is 1.75 bits per heavy atom. The van der Waals surface area contributed by atoms with Crippen molar-refractivity contribution in [2.24, 2.45) is 0 Å². The Hall–Kier alpha value is -3.64. The highest BCUT2D eigenvalue weighted by Gasteiger charge is 2.42. The minimum absolute atomic E-state index is 0.110. The highest BCUT2D eigenvalue weighted by atomic mass is 35.5. The Morgan fingerprint density at radius 3 is 2.42 bits per heavy atom. The van der Waals surface area contributed by atoms with Gasteiger partial charge in [-0.15, -0.1) is 0 Å². The molecular formula is C27H19ClF5N3O3S. The fraction of sp³-hybridized carbons (Fsp3) is 0.222. The van der Waals surface area contributed by atoms with Gasteiger partial charge in [0, 0.05) is 23.7 Å². The van der Waals surface area contributed by atoms with Gasteiger partial charge in [-0.25, -0.2) is 21.6 Å². The molecule has 2 atom stereocenters. The summed E-state index contributed by atoms with van der Waals surface area (Å²) in [5, 5.41) is -0.184. The van der Waals surface area contributed by atoms with Gasteiger partial charge in [0.1, 0.15) is 21.4 Å². The summed E-state index contributed by atoms with van der Waals surface area (Å²) in [4.78, 5) is 19.9. The van der Waals surface area contributed by atoms with Crippen LogP contribution in [0.15, 0.2) is 58.6 Å². The lowest BCUT2D eigenvalue weighted by atomic mass is 10.0. The maximum absolute atomic E-state index is 16.0. The number of pyridine rings is 3. The van der Waals surface area contributed by atoms with Gasteiger partial charge in [-0.05, 0) is 73.1 Å². The second kappa shape index (κ2) is 10.1. The van der Waals surface area contributed by atoms with E-state index < -0.39 is 54.8 Å². The smallest absolute Gasteiger partial charge is 0.277 e. The van der Waals surface area contributed by atoms with Crippen LogP contribution in [0.4, 0.5) is 22.0 Å². The van der Waals surface area contributed by atoms with Gasteiger partial charge in [0.05, 0.1) is 11.9 Å². The van der Waals surface area contributed by atoms with E-state index in [1.807, 2.05) is 0 Å². The van der Waals surface area contributed by atoms with E-state index in [9.17, 15) is 26.4 Å². The van der Waals surface area contributed by atoms with Crippen molar-refractivity contribution in [1.82, 2.24) is 14.5 Å². The van der Waals surface area contributed by atoms with E-state index in [0.29, 0.717) is 23.6 Å². The van der Waals surface area contributed by atoms with Gasteiger partial charge in [0.2, 0.25) is 9.84 Å². The highest BCUT2D eigenvalue weighted by molar-refractivity contribution is 7.91. The summed E-state index contributed by atoms with van der Waals surface area (Å²) in [5.41, 5.74) is -0.851. The molecule has 1 aliphatic carbocycles. The van der Waals surface area contributed by atoms with Gasteiger partial charge < -0.3 is 0 Å². The summed E-state index contributed by atoms with van der Waals surface area (Å²) >= 11 is 6.47. The third kappa shape index (κ3) is 4.58. The quantitative estimate of drug-likeness (QED) is 0.246. The zero-order valence-electron chi connectivity index (χ0n) is 20.8. The fourth-order valence-electron chi connectivity index (χ4n) is 4.86. The number of aromatic nitrogens is 3. The van der Waals surface area contributed by atoms with E-state index in [1.54, 1.807) is 6.07 Å². The average molecular weight is 596 g/mol. The van der Waals surface area contributed by atoms with E-state index in [1.165, 1.54) is 26.1 Å². The van der Waals surface area contributed by atoms with Crippen LogP contribution < -0.4 is 5.56 Å². The van der Waals surface area contributed by atoms with Crippen molar-refractivity contribution in [2.75, 3.05) is 0 Å². The molecule has 0 aliphatic heterocycles. The first kappa shape index (κ1) is 27.9. The molecule has 13 heteroatoms. The molecule has 3 heterocycles. The number of rotatable bonds is 6. The predicted molar refractivity (Wildman–Crippen MR) is 137 cm³/mol. The summed E-state index contributed by atoms with van der Waals surface area (Å²) < 4.78 is 95.8. The van der Waals surface area contributed by atoms with Crippen molar-refractivity contribution in [1.29, 1.82) is 0 Å².